The first-order valence-corrected chi connectivity index (χ1v) is 9.03. The van der Waals surface area contributed by atoms with Crippen molar-refractivity contribution in [3.63, 3.8) is 0 Å². The fourth-order valence-electron chi connectivity index (χ4n) is 3.10. The lowest BCUT2D eigenvalue weighted by molar-refractivity contribution is -0.121. The van der Waals surface area contributed by atoms with Gasteiger partial charge < -0.3 is 10.2 Å². The quantitative estimate of drug-likeness (QED) is 0.881. The fourth-order valence-corrected chi connectivity index (χ4v) is 3.10. The van der Waals surface area contributed by atoms with Crippen LogP contribution in [0, 0.1) is 5.92 Å². The summed E-state index contributed by atoms with van der Waals surface area (Å²) >= 11 is 0. The number of aromatic nitrogens is 3. The van der Waals surface area contributed by atoms with Gasteiger partial charge in [-0.05, 0) is 43.7 Å². The third-order valence-electron chi connectivity index (χ3n) is 4.78. The standard InChI is InChI=1S/C19H21N5O2/c25-17(21-10-13-3-4-13)12-24-9-1-2-16-15(19(24)26)11-22-18(23-16)14-5-7-20-8-6-14/h5-8,11,13H,1-4,9-10,12H2,(H,21,25). The molecule has 2 amide bonds. The molecule has 7 heteroatoms. The topological polar surface area (TPSA) is 88.1 Å². The molecular weight excluding hydrogens is 330 g/mol. The number of nitrogens with one attached hydrogen (secondary N) is 1. The lowest BCUT2D eigenvalue weighted by Gasteiger charge is -2.20. The molecule has 3 heterocycles. The first-order chi connectivity index (χ1) is 12.7. The molecule has 0 radical (unpaired) electrons. The Kier molecular flexibility index (Phi) is 4.60. The minimum atomic E-state index is -0.166. The molecule has 26 heavy (non-hydrogen) atoms. The number of carbonyl (C=O) groups excluding carboxylic acids is 2. The molecule has 1 N–H and O–H groups in total. The highest BCUT2D eigenvalue weighted by atomic mass is 16.2. The van der Waals surface area contributed by atoms with Crippen LogP contribution in [-0.4, -0.2) is 51.3 Å². The highest BCUT2D eigenvalue weighted by Gasteiger charge is 2.27. The summed E-state index contributed by atoms with van der Waals surface area (Å²) in [5, 5.41) is 2.92. The van der Waals surface area contributed by atoms with Crippen LogP contribution >= 0.6 is 0 Å². The highest BCUT2D eigenvalue weighted by molar-refractivity contribution is 5.97. The monoisotopic (exact) mass is 351 g/mol. The second-order valence-corrected chi connectivity index (χ2v) is 6.87. The maximum atomic E-state index is 12.8. The van der Waals surface area contributed by atoms with Gasteiger partial charge in [-0.15, -0.1) is 0 Å². The molecule has 7 nitrogen and oxygen atoms in total. The van der Waals surface area contributed by atoms with Crippen LogP contribution in [0.1, 0.15) is 35.3 Å². The third kappa shape index (κ3) is 3.71. The van der Waals surface area contributed by atoms with Crippen LogP contribution in [0.2, 0.25) is 0 Å². The SMILES string of the molecule is O=C(CN1CCCc2nc(-c3ccncc3)ncc2C1=O)NCC1CC1. The number of fused-ring (bicyclic) bond motifs is 1. The zero-order chi connectivity index (χ0) is 17.9. The number of hydrogen-bond acceptors (Lipinski definition) is 5. The highest BCUT2D eigenvalue weighted by Crippen LogP contribution is 2.27. The molecule has 134 valence electrons. The number of hydrogen-bond donors (Lipinski definition) is 1. The molecule has 2 aromatic heterocycles. The maximum Gasteiger partial charge on any atom is 0.257 e. The maximum absolute atomic E-state index is 12.8. The molecule has 0 atom stereocenters. The lowest BCUT2D eigenvalue weighted by Crippen LogP contribution is -2.41. The fraction of sp³-hybridized carbons (Fsp3) is 0.421. The molecule has 2 aromatic rings. The van der Waals surface area contributed by atoms with Crippen molar-refractivity contribution in [3.05, 3.63) is 42.0 Å². The van der Waals surface area contributed by atoms with Crippen molar-refractivity contribution in [2.24, 2.45) is 5.92 Å². The number of nitrogens with zero attached hydrogens (tertiary/aromatic N) is 4. The minimum Gasteiger partial charge on any atom is -0.354 e. The molecule has 1 aliphatic heterocycles. The van der Waals surface area contributed by atoms with Crippen LogP contribution < -0.4 is 5.32 Å². The Morgan fingerprint density at radius 3 is 2.85 bits per heavy atom. The molecule has 0 spiro atoms. The number of pyridine rings is 1. The van der Waals surface area contributed by atoms with Crippen molar-refractivity contribution < 1.29 is 9.59 Å². The molecule has 2 aliphatic rings. The van der Waals surface area contributed by atoms with E-state index in [1.54, 1.807) is 23.5 Å². The zero-order valence-corrected chi connectivity index (χ0v) is 14.5. The van der Waals surface area contributed by atoms with Crippen LogP contribution in [-0.2, 0) is 11.2 Å². The van der Waals surface area contributed by atoms with Crippen molar-refractivity contribution in [3.8, 4) is 11.4 Å². The second-order valence-electron chi connectivity index (χ2n) is 6.87. The first-order valence-electron chi connectivity index (χ1n) is 9.03. The van der Waals surface area contributed by atoms with Crippen molar-refractivity contribution >= 4 is 11.8 Å². The first kappa shape index (κ1) is 16.6. The van der Waals surface area contributed by atoms with Gasteiger partial charge in [0.2, 0.25) is 5.91 Å². The van der Waals surface area contributed by atoms with E-state index in [0.29, 0.717) is 30.3 Å². The molecule has 4 rings (SSSR count). The smallest absolute Gasteiger partial charge is 0.257 e. The average molecular weight is 351 g/mol. The van der Waals surface area contributed by atoms with Crippen LogP contribution in [0.4, 0.5) is 0 Å². The van der Waals surface area contributed by atoms with E-state index in [1.807, 2.05) is 12.1 Å². The summed E-state index contributed by atoms with van der Waals surface area (Å²) < 4.78 is 0. The van der Waals surface area contributed by atoms with E-state index >= 15 is 0 Å². The Morgan fingerprint density at radius 1 is 1.27 bits per heavy atom. The van der Waals surface area contributed by atoms with Gasteiger partial charge in [-0.2, -0.15) is 0 Å². The van der Waals surface area contributed by atoms with Crippen LogP contribution in [0.3, 0.4) is 0 Å². The van der Waals surface area contributed by atoms with Gasteiger partial charge in [0.1, 0.15) is 0 Å². The summed E-state index contributed by atoms with van der Waals surface area (Å²) in [4.78, 5) is 39.5. The summed E-state index contributed by atoms with van der Waals surface area (Å²) in [6, 6.07) is 3.69. The summed E-state index contributed by atoms with van der Waals surface area (Å²) in [7, 11) is 0. The van der Waals surface area contributed by atoms with Gasteiger partial charge in [-0.1, -0.05) is 0 Å². The Balaban J connectivity index is 1.49. The Bertz CT molecular complexity index is 820. The molecule has 0 aromatic carbocycles. The second kappa shape index (κ2) is 7.19. The van der Waals surface area contributed by atoms with Crippen molar-refractivity contribution in [2.75, 3.05) is 19.6 Å². The largest absolute Gasteiger partial charge is 0.354 e. The van der Waals surface area contributed by atoms with Crippen LogP contribution in [0.5, 0.6) is 0 Å². The van der Waals surface area contributed by atoms with E-state index in [1.165, 1.54) is 12.8 Å². The summed E-state index contributed by atoms with van der Waals surface area (Å²) in [5.41, 5.74) is 2.11. The number of rotatable bonds is 5. The molecule has 0 saturated heterocycles. The van der Waals surface area contributed by atoms with Crippen molar-refractivity contribution in [2.45, 2.75) is 25.7 Å². The lowest BCUT2D eigenvalue weighted by atomic mass is 10.1. The Hall–Kier alpha value is -2.83. The number of aryl methyl sites for hydroxylation is 1. The van der Waals surface area contributed by atoms with Gasteiger partial charge in [0.25, 0.3) is 5.91 Å². The van der Waals surface area contributed by atoms with Crippen LogP contribution in [0.25, 0.3) is 11.4 Å². The van der Waals surface area contributed by atoms with E-state index < -0.39 is 0 Å². The predicted molar refractivity (Wildman–Crippen MR) is 95.2 cm³/mol. The molecular formula is C19H21N5O2. The van der Waals surface area contributed by atoms with Crippen molar-refractivity contribution in [1.82, 2.24) is 25.2 Å². The number of amides is 2. The minimum absolute atomic E-state index is 0.0943. The van der Waals surface area contributed by atoms with E-state index in [4.69, 9.17) is 0 Å². The normalized spacial score (nSPS) is 16.8. The molecule has 0 unspecified atom stereocenters. The van der Waals surface area contributed by atoms with E-state index in [-0.39, 0.29) is 18.4 Å². The van der Waals surface area contributed by atoms with Crippen LogP contribution in [0.15, 0.2) is 30.7 Å². The Morgan fingerprint density at radius 2 is 2.08 bits per heavy atom. The summed E-state index contributed by atoms with van der Waals surface area (Å²) in [6.07, 6.45) is 8.82. The molecule has 1 fully saturated rings. The molecule has 1 aliphatic carbocycles. The summed E-state index contributed by atoms with van der Waals surface area (Å²) in [6.45, 7) is 1.36. The zero-order valence-electron chi connectivity index (χ0n) is 14.5. The van der Waals surface area contributed by atoms with Gasteiger partial charge in [0, 0.05) is 37.2 Å². The average Bonchev–Trinajstić information content (AvgIpc) is 3.50. The van der Waals surface area contributed by atoms with Gasteiger partial charge in [0.15, 0.2) is 5.82 Å². The van der Waals surface area contributed by atoms with E-state index in [9.17, 15) is 9.59 Å². The Labute approximate surface area is 151 Å². The molecule has 1 saturated carbocycles. The van der Waals surface area contributed by atoms with E-state index in [0.717, 1.165) is 24.2 Å². The van der Waals surface area contributed by atoms with Crippen molar-refractivity contribution in [1.29, 1.82) is 0 Å². The van der Waals surface area contributed by atoms with Gasteiger partial charge in [-0.25, -0.2) is 9.97 Å². The van der Waals surface area contributed by atoms with E-state index in [2.05, 4.69) is 20.3 Å². The number of carbonyl (C=O) groups is 2. The third-order valence-corrected chi connectivity index (χ3v) is 4.78. The van der Waals surface area contributed by atoms with Gasteiger partial charge in [0.05, 0.1) is 17.8 Å². The van der Waals surface area contributed by atoms with Gasteiger partial charge >= 0.3 is 0 Å². The summed E-state index contributed by atoms with van der Waals surface area (Å²) in [5.74, 6) is 0.956. The molecule has 0 bridgehead atoms. The van der Waals surface area contributed by atoms with Gasteiger partial charge in [-0.3, -0.25) is 14.6 Å². The predicted octanol–water partition coefficient (Wildman–Crippen LogP) is 1.45.